The molecular formula is C46H62ClN5O9. The minimum absolute atomic E-state index is 0.00623. The number of amides is 3. The van der Waals surface area contributed by atoms with Gasteiger partial charge in [-0.25, -0.2) is 9.78 Å². The molecule has 0 aliphatic heterocycles. The molecule has 2 aliphatic carbocycles. The number of rotatable bonds is 24. The summed E-state index contributed by atoms with van der Waals surface area (Å²) in [7, 11) is 1.56. The summed E-state index contributed by atoms with van der Waals surface area (Å²) in [6.07, 6.45) is 9.80. The summed E-state index contributed by atoms with van der Waals surface area (Å²) >= 11 is 6.59. The number of ether oxygens (including phenoxy) is 2. The Morgan fingerprint density at radius 1 is 0.918 bits per heavy atom. The molecule has 0 radical (unpaired) electrons. The van der Waals surface area contributed by atoms with E-state index in [1.54, 1.807) is 31.4 Å². The molecule has 3 amide bonds. The molecule has 5 N–H and O–H groups in total. The molecule has 1 unspecified atom stereocenters. The summed E-state index contributed by atoms with van der Waals surface area (Å²) in [5, 5.41) is 28.9. The second kappa shape index (κ2) is 23.4. The second-order valence-electron chi connectivity index (χ2n) is 16.5. The number of unbranched alkanes of at least 4 members (excludes halogenated alkanes) is 2. The molecule has 2 aromatic carbocycles. The quantitative estimate of drug-likeness (QED) is 0.0590. The number of carboxylic acid groups (broad SMARTS) is 2. The number of halogens is 1. The number of carboxylic acids is 2. The van der Waals surface area contributed by atoms with Crippen LogP contribution in [0.5, 0.6) is 0 Å². The van der Waals surface area contributed by atoms with Gasteiger partial charge in [-0.2, -0.15) is 0 Å². The molecule has 1 aromatic heterocycles. The lowest BCUT2D eigenvalue weighted by Gasteiger charge is -2.34. The summed E-state index contributed by atoms with van der Waals surface area (Å²) in [6, 6.07) is 14.4. The zero-order valence-corrected chi connectivity index (χ0v) is 36.3. The van der Waals surface area contributed by atoms with Gasteiger partial charge in [-0.1, -0.05) is 80.3 Å². The maximum Gasteiger partial charge on any atom is 0.336 e. The van der Waals surface area contributed by atoms with Crippen LogP contribution in [0.4, 0.5) is 0 Å². The molecule has 2 aliphatic rings. The van der Waals surface area contributed by atoms with E-state index in [0.717, 1.165) is 42.6 Å². The average Bonchev–Trinajstić information content (AvgIpc) is 3.86. The number of hydrogen-bond donors (Lipinski definition) is 5. The normalized spacial score (nSPS) is 17.7. The molecule has 15 heteroatoms. The highest BCUT2D eigenvalue weighted by Gasteiger charge is 2.45. The Bertz CT molecular complexity index is 1940. The molecule has 0 spiro atoms. The zero-order chi connectivity index (χ0) is 43.8. The number of nitrogens with zero attached hydrogens (tertiary/aromatic N) is 2. The zero-order valence-electron chi connectivity index (χ0n) is 35.5. The Hall–Kier alpha value is -4.79. The predicted molar refractivity (Wildman–Crippen MR) is 232 cm³/mol. The van der Waals surface area contributed by atoms with Crippen molar-refractivity contribution in [3.63, 3.8) is 0 Å². The maximum atomic E-state index is 13.7. The van der Waals surface area contributed by atoms with Gasteiger partial charge in [0.15, 0.2) is 5.15 Å². The van der Waals surface area contributed by atoms with Gasteiger partial charge in [0.05, 0.1) is 36.7 Å². The van der Waals surface area contributed by atoms with Crippen molar-refractivity contribution in [1.29, 1.82) is 0 Å². The fourth-order valence-electron chi connectivity index (χ4n) is 8.64. The van der Waals surface area contributed by atoms with Gasteiger partial charge < -0.3 is 40.2 Å². The molecule has 2 fully saturated rings. The number of hydrogen-bond acceptors (Lipinski definition) is 8. The van der Waals surface area contributed by atoms with Crippen LogP contribution in [0, 0.1) is 17.3 Å². The minimum Gasteiger partial charge on any atom is -0.481 e. The van der Waals surface area contributed by atoms with Gasteiger partial charge in [0.25, 0.3) is 5.91 Å². The van der Waals surface area contributed by atoms with E-state index in [2.05, 4.69) is 27.9 Å². The van der Waals surface area contributed by atoms with Crippen LogP contribution >= 0.6 is 11.6 Å². The summed E-state index contributed by atoms with van der Waals surface area (Å²) in [5.74, 6) is -2.56. The molecule has 0 bridgehead atoms. The average molecular weight is 864 g/mol. The first kappa shape index (κ1) is 47.3. The molecule has 0 saturated heterocycles. The molecule has 2 saturated carbocycles. The van der Waals surface area contributed by atoms with Crippen LogP contribution in [0.25, 0.3) is 11.1 Å². The van der Waals surface area contributed by atoms with Crippen LogP contribution in [0.15, 0.2) is 48.5 Å². The van der Waals surface area contributed by atoms with Crippen LogP contribution in [0.2, 0.25) is 5.15 Å². The van der Waals surface area contributed by atoms with E-state index >= 15 is 0 Å². The van der Waals surface area contributed by atoms with E-state index in [0.29, 0.717) is 102 Å². The predicted octanol–water partition coefficient (Wildman–Crippen LogP) is 6.91. The van der Waals surface area contributed by atoms with E-state index in [-0.39, 0.29) is 53.4 Å². The van der Waals surface area contributed by atoms with Gasteiger partial charge in [-0.05, 0) is 87.0 Å². The van der Waals surface area contributed by atoms with E-state index in [1.165, 1.54) is 0 Å². The fraction of sp³-hybridized carbons (Fsp3) is 0.565. The molecule has 1 atom stereocenters. The largest absolute Gasteiger partial charge is 0.481 e. The van der Waals surface area contributed by atoms with E-state index in [1.807, 2.05) is 28.8 Å². The standard InChI is InChI=1S/C46H62ClN5O9/c1-3-4-13-38-51-40(47)39(52(38)29-31-14-16-32(17-15-31)36-11-5-6-12-37(36)44(57)58)42(54)49-25-10-9-24-48-41(53)33-18-20-35(21-19-33)50-45(59)46(22-7-8-23-46)28-34(43(55)56)30-61-27-26-60-2/h5-6,11-12,14-17,33-35H,3-4,7-10,13,18-30H2,1-2H3,(H,48,53)(H,49,54)(H,50,59)(H,55,56)(H,57,58). The molecule has 5 rings (SSSR count). The lowest BCUT2D eigenvalue weighted by atomic mass is 9.76. The van der Waals surface area contributed by atoms with Crippen molar-refractivity contribution in [3.05, 3.63) is 76.3 Å². The van der Waals surface area contributed by atoms with Crippen LogP contribution in [-0.2, 0) is 36.8 Å². The van der Waals surface area contributed by atoms with Gasteiger partial charge in [0, 0.05) is 45.1 Å². The number of aromatic carboxylic acids is 1. The van der Waals surface area contributed by atoms with Gasteiger partial charge in [0.1, 0.15) is 11.5 Å². The number of methoxy groups -OCH3 is 1. The first-order chi connectivity index (χ1) is 29.5. The van der Waals surface area contributed by atoms with Crippen LogP contribution in [0.3, 0.4) is 0 Å². The van der Waals surface area contributed by atoms with E-state index in [9.17, 15) is 34.2 Å². The number of carbonyl (C=O) groups excluding carboxylic acids is 3. The van der Waals surface area contributed by atoms with Crippen molar-refractivity contribution in [2.75, 3.05) is 40.0 Å². The van der Waals surface area contributed by atoms with Crippen molar-refractivity contribution >= 4 is 41.3 Å². The highest BCUT2D eigenvalue weighted by atomic mass is 35.5. The molecular weight excluding hydrogens is 802 g/mol. The van der Waals surface area contributed by atoms with Gasteiger partial charge in [-0.3, -0.25) is 19.2 Å². The Morgan fingerprint density at radius 2 is 1.61 bits per heavy atom. The molecule has 61 heavy (non-hydrogen) atoms. The Labute approximate surface area is 363 Å². The number of benzene rings is 2. The number of nitrogens with one attached hydrogen (secondary N) is 3. The molecule has 1 heterocycles. The monoisotopic (exact) mass is 863 g/mol. The molecule has 3 aromatic rings. The van der Waals surface area contributed by atoms with Gasteiger partial charge in [-0.15, -0.1) is 0 Å². The lowest BCUT2D eigenvalue weighted by Crippen LogP contribution is -2.48. The second-order valence-corrected chi connectivity index (χ2v) is 16.8. The van der Waals surface area contributed by atoms with Gasteiger partial charge in [0.2, 0.25) is 11.8 Å². The van der Waals surface area contributed by atoms with Crippen molar-refractivity contribution in [1.82, 2.24) is 25.5 Å². The van der Waals surface area contributed by atoms with Crippen LogP contribution in [0.1, 0.15) is 123 Å². The maximum absolute atomic E-state index is 13.7. The van der Waals surface area contributed by atoms with E-state index in [4.69, 9.17) is 21.1 Å². The summed E-state index contributed by atoms with van der Waals surface area (Å²) in [4.78, 5) is 68.6. The van der Waals surface area contributed by atoms with E-state index < -0.39 is 23.3 Å². The van der Waals surface area contributed by atoms with Crippen molar-refractivity contribution in [2.45, 2.75) is 109 Å². The number of imidazole rings is 1. The SMILES string of the molecule is CCCCc1nc(Cl)c(C(=O)NCCCCNC(=O)C2CCC(NC(=O)C3(CC(COCCOC)C(=O)O)CCCC3)CC2)n1Cc1ccc(-c2ccccc2C(=O)O)cc1. The molecule has 332 valence electrons. The summed E-state index contributed by atoms with van der Waals surface area (Å²) in [5.41, 5.74) is 2.11. The van der Waals surface area contributed by atoms with Crippen LogP contribution < -0.4 is 16.0 Å². The summed E-state index contributed by atoms with van der Waals surface area (Å²) < 4.78 is 12.4. The van der Waals surface area contributed by atoms with Gasteiger partial charge >= 0.3 is 11.9 Å². The number of aryl methyl sites for hydroxylation is 1. The Kier molecular flexibility index (Phi) is 18.2. The lowest BCUT2D eigenvalue weighted by molar-refractivity contribution is -0.147. The highest BCUT2D eigenvalue weighted by molar-refractivity contribution is 6.32. The Balaban J connectivity index is 1.05. The fourth-order valence-corrected chi connectivity index (χ4v) is 8.92. The van der Waals surface area contributed by atoms with Crippen molar-refractivity contribution in [3.8, 4) is 11.1 Å². The molecule has 14 nitrogen and oxygen atoms in total. The van der Waals surface area contributed by atoms with Crippen molar-refractivity contribution < 1.29 is 43.7 Å². The highest BCUT2D eigenvalue weighted by Crippen LogP contribution is 2.44. The number of carbonyl (C=O) groups is 5. The third-order valence-corrected chi connectivity index (χ3v) is 12.4. The van der Waals surface area contributed by atoms with Crippen LogP contribution in [-0.4, -0.2) is 95.5 Å². The number of aromatic nitrogens is 2. The summed E-state index contributed by atoms with van der Waals surface area (Å²) in [6.45, 7) is 4.03. The minimum atomic E-state index is -0.992. The Morgan fingerprint density at radius 3 is 2.26 bits per heavy atom. The third kappa shape index (κ3) is 13.1. The smallest absolute Gasteiger partial charge is 0.336 e. The number of aliphatic carboxylic acids is 1. The van der Waals surface area contributed by atoms with Crippen molar-refractivity contribution in [2.24, 2.45) is 17.3 Å². The topological polar surface area (TPSA) is 198 Å². The first-order valence-corrected chi connectivity index (χ1v) is 22.2. The first-order valence-electron chi connectivity index (χ1n) is 21.8. The third-order valence-electron chi connectivity index (χ3n) is 12.1.